The Morgan fingerprint density at radius 1 is 0.814 bits per heavy atom. The first kappa shape index (κ1) is 29.7. The molecule has 0 aliphatic carbocycles. The zero-order chi connectivity index (χ0) is 30.2. The van der Waals surface area contributed by atoms with Gasteiger partial charge in [-0.05, 0) is 60.5 Å². The van der Waals surface area contributed by atoms with Gasteiger partial charge < -0.3 is 30.5 Å². The first-order valence-electron chi connectivity index (χ1n) is 14.0. The van der Waals surface area contributed by atoms with Crippen LogP contribution in [0.3, 0.4) is 0 Å². The van der Waals surface area contributed by atoms with Gasteiger partial charge in [0.2, 0.25) is 0 Å². The quantitative estimate of drug-likeness (QED) is 0.206. The van der Waals surface area contributed by atoms with E-state index < -0.39 is 11.8 Å². The lowest BCUT2D eigenvalue weighted by Gasteiger charge is -2.38. The lowest BCUT2D eigenvalue weighted by Crippen LogP contribution is -2.47. The summed E-state index contributed by atoms with van der Waals surface area (Å²) < 4.78 is 19.1. The van der Waals surface area contributed by atoms with E-state index in [0.29, 0.717) is 43.0 Å². The van der Waals surface area contributed by atoms with Gasteiger partial charge in [0.25, 0.3) is 5.91 Å². The molecule has 1 heterocycles. The number of amides is 3. The fraction of sp³-hybridized carbons (Fsp3) is 0.212. The molecule has 3 amide bonds. The summed E-state index contributed by atoms with van der Waals surface area (Å²) in [6, 6.07) is 26.6. The number of carbonyl (C=O) groups excluding carboxylic acids is 2. The van der Waals surface area contributed by atoms with Crippen molar-refractivity contribution < 1.29 is 18.7 Å². The Hall–Kier alpha value is -4.76. The molecule has 3 N–H and O–H groups in total. The maximum atomic E-state index is 13.5. The first-order chi connectivity index (χ1) is 20.9. The van der Waals surface area contributed by atoms with Gasteiger partial charge in [-0.15, -0.1) is 0 Å². The number of piperazine rings is 1. The van der Waals surface area contributed by atoms with Crippen LogP contribution >= 0.6 is 11.6 Å². The van der Waals surface area contributed by atoms with Crippen LogP contribution in [0.4, 0.5) is 31.9 Å². The number of methoxy groups -OCH3 is 1. The number of urea groups is 1. The largest absolute Gasteiger partial charge is 0.495 e. The summed E-state index contributed by atoms with van der Waals surface area (Å²) in [5, 5.41) is 8.35. The van der Waals surface area contributed by atoms with Gasteiger partial charge in [0.1, 0.15) is 11.6 Å². The number of nitrogens with one attached hydrogen (secondary N) is 3. The van der Waals surface area contributed by atoms with Gasteiger partial charge in [0, 0.05) is 49.8 Å². The fourth-order valence-corrected chi connectivity index (χ4v) is 5.26. The number of anilines is 4. The number of para-hydroxylation sites is 2. The second kappa shape index (κ2) is 13.9. The number of hydrogen-bond acceptors (Lipinski definition) is 5. The van der Waals surface area contributed by atoms with Crippen molar-refractivity contribution in [2.75, 3.05) is 60.3 Å². The zero-order valence-electron chi connectivity index (χ0n) is 23.8. The highest BCUT2D eigenvalue weighted by atomic mass is 35.5. The van der Waals surface area contributed by atoms with E-state index >= 15 is 0 Å². The topological polar surface area (TPSA) is 85.9 Å². The number of hydrogen-bond donors (Lipinski definition) is 3. The number of nitrogens with zero attached hydrogens (tertiary/aromatic N) is 2. The number of rotatable bonds is 9. The van der Waals surface area contributed by atoms with Crippen molar-refractivity contribution in [3.8, 4) is 5.75 Å². The minimum absolute atomic E-state index is 0.0950. The predicted octanol–water partition coefficient (Wildman–Crippen LogP) is 6.43. The Morgan fingerprint density at radius 3 is 2.14 bits per heavy atom. The van der Waals surface area contributed by atoms with Crippen LogP contribution < -0.4 is 30.5 Å². The van der Waals surface area contributed by atoms with Crippen LogP contribution in [0.1, 0.15) is 15.9 Å². The molecule has 0 saturated carbocycles. The molecule has 5 rings (SSSR count). The van der Waals surface area contributed by atoms with Gasteiger partial charge in [0.05, 0.1) is 23.4 Å². The van der Waals surface area contributed by atoms with Crippen molar-refractivity contribution >= 4 is 46.3 Å². The number of benzene rings is 4. The Morgan fingerprint density at radius 2 is 1.44 bits per heavy atom. The third-order valence-electron chi connectivity index (χ3n) is 7.26. The third kappa shape index (κ3) is 7.55. The Labute approximate surface area is 255 Å². The third-order valence-corrected chi connectivity index (χ3v) is 7.55. The van der Waals surface area contributed by atoms with Crippen molar-refractivity contribution in [1.29, 1.82) is 0 Å². The lowest BCUT2D eigenvalue weighted by molar-refractivity contribution is 0.0954. The van der Waals surface area contributed by atoms with Crippen LogP contribution in [0.2, 0.25) is 5.02 Å². The smallest absolute Gasteiger partial charge is 0.323 e. The summed E-state index contributed by atoms with van der Waals surface area (Å²) in [6.07, 6.45) is 0.695. The van der Waals surface area contributed by atoms with E-state index in [9.17, 15) is 14.0 Å². The van der Waals surface area contributed by atoms with E-state index in [1.165, 1.54) is 18.2 Å². The zero-order valence-corrected chi connectivity index (χ0v) is 24.5. The molecule has 0 spiro atoms. The molecule has 4 aromatic carbocycles. The average Bonchev–Trinajstić information content (AvgIpc) is 3.03. The van der Waals surface area contributed by atoms with Gasteiger partial charge in [-0.2, -0.15) is 0 Å². The fourth-order valence-electron chi connectivity index (χ4n) is 5.08. The average molecular weight is 602 g/mol. The Kier molecular flexibility index (Phi) is 9.63. The number of carbonyl (C=O) groups is 2. The monoisotopic (exact) mass is 601 g/mol. The molecular weight excluding hydrogens is 569 g/mol. The first-order valence-corrected chi connectivity index (χ1v) is 14.4. The maximum absolute atomic E-state index is 13.5. The molecule has 0 radical (unpaired) electrons. The van der Waals surface area contributed by atoms with Crippen LogP contribution in [0.5, 0.6) is 5.75 Å². The van der Waals surface area contributed by atoms with Crippen molar-refractivity contribution in [2.24, 2.45) is 0 Å². The van der Waals surface area contributed by atoms with E-state index in [1.807, 2.05) is 60.7 Å². The highest BCUT2D eigenvalue weighted by molar-refractivity contribution is 6.31. The SMILES string of the molecule is COc1ccccc1N1CCN(c2ccc(NC(=O)Nc3ccc(F)c(Cl)c3)cc2C(=O)NCCc2ccccc2)CC1. The molecule has 1 aliphatic heterocycles. The normalized spacial score (nSPS) is 12.9. The van der Waals surface area contributed by atoms with Crippen molar-refractivity contribution in [1.82, 2.24) is 5.32 Å². The molecule has 43 heavy (non-hydrogen) atoms. The van der Waals surface area contributed by atoms with E-state index in [0.717, 1.165) is 35.8 Å². The van der Waals surface area contributed by atoms with Gasteiger partial charge in [0.15, 0.2) is 0 Å². The van der Waals surface area contributed by atoms with Gasteiger partial charge in [-0.1, -0.05) is 54.1 Å². The molecule has 10 heteroatoms. The molecule has 4 aromatic rings. The molecule has 222 valence electrons. The molecule has 8 nitrogen and oxygen atoms in total. The number of ether oxygens (including phenoxy) is 1. The second-order valence-electron chi connectivity index (χ2n) is 10.1. The van der Waals surface area contributed by atoms with Crippen LogP contribution in [-0.4, -0.2) is 51.8 Å². The lowest BCUT2D eigenvalue weighted by atomic mass is 10.1. The van der Waals surface area contributed by atoms with Crippen LogP contribution in [0.15, 0.2) is 91.0 Å². The summed E-state index contributed by atoms with van der Waals surface area (Å²) in [5.74, 6) is 0.0216. The molecule has 0 bridgehead atoms. The minimum Gasteiger partial charge on any atom is -0.495 e. The van der Waals surface area contributed by atoms with Crippen LogP contribution in [0.25, 0.3) is 0 Å². The van der Waals surface area contributed by atoms with E-state index in [-0.39, 0.29) is 10.9 Å². The van der Waals surface area contributed by atoms with Crippen molar-refractivity contribution in [3.05, 3.63) is 113 Å². The minimum atomic E-state index is -0.574. The van der Waals surface area contributed by atoms with E-state index in [2.05, 4.69) is 25.8 Å². The predicted molar refractivity (Wildman–Crippen MR) is 170 cm³/mol. The highest BCUT2D eigenvalue weighted by Gasteiger charge is 2.24. The molecule has 0 aromatic heterocycles. The standard InChI is InChI=1S/C33H33ClFN5O3/c1-43-31-10-6-5-9-30(31)40-19-17-39(18-20-40)29-14-12-24(37-33(42)38-25-11-13-28(35)27(34)22-25)21-26(29)32(41)36-16-15-23-7-3-2-4-8-23/h2-14,21-22H,15-20H2,1H3,(H,36,41)(H2,37,38,42). The molecule has 1 aliphatic rings. The molecule has 1 fully saturated rings. The second-order valence-corrected chi connectivity index (χ2v) is 10.5. The Bertz CT molecular complexity index is 1580. The van der Waals surface area contributed by atoms with E-state index in [1.54, 1.807) is 19.2 Å². The van der Waals surface area contributed by atoms with Crippen molar-refractivity contribution in [3.63, 3.8) is 0 Å². The maximum Gasteiger partial charge on any atom is 0.323 e. The Balaban J connectivity index is 1.31. The summed E-state index contributed by atoms with van der Waals surface area (Å²) >= 11 is 5.84. The summed E-state index contributed by atoms with van der Waals surface area (Å²) in [6.45, 7) is 3.35. The molecule has 1 saturated heterocycles. The summed E-state index contributed by atoms with van der Waals surface area (Å²) in [4.78, 5) is 30.7. The van der Waals surface area contributed by atoms with Gasteiger partial charge >= 0.3 is 6.03 Å². The van der Waals surface area contributed by atoms with Gasteiger partial charge in [-0.25, -0.2) is 9.18 Å². The van der Waals surface area contributed by atoms with E-state index in [4.69, 9.17) is 16.3 Å². The molecule has 0 atom stereocenters. The molecule has 0 unspecified atom stereocenters. The van der Waals surface area contributed by atoms with Crippen molar-refractivity contribution in [2.45, 2.75) is 6.42 Å². The summed E-state index contributed by atoms with van der Waals surface area (Å²) in [5.41, 5.74) is 4.19. The summed E-state index contributed by atoms with van der Waals surface area (Å²) in [7, 11) is 1.67. The van der Waals surface area contributed by atoms with Crippen LogP contribution in [0, 0.1) is 5.82 Å². The van der Waals surface area contributed by atoms with Gasteiger partial charge in [-0.3, -0.25) is 4.79 Å². The highest BCUT2D eigenvalue weighted by Crippen LogP contribution is 2.31. The number of halogens is 2. The van der Waals surface area contributed by atoms with Crippen LogP contribution in [-0.2, 0) is 6.42 Å². The molecular formula is C33H33ClFN5O3.